The molecule has 2 amide bonds. The van der Waals surface area contributed by atoms with Crippen LogP contribution in [0.2, 0.25) is 0 Å². The van der Waals surface area contributed by atoms with Gasteiger partial charge in [0.1, 0.15) is 0 Å². The molecule has 98 valence electrons. The zero-order valence-corrected chi connectivity index (χ0v) is 10.8. The molecular formula is C14H15N3O2. The monoisotopic (exact) mass is 257 g/mol. The molecule has 1 heterocycles. The van der Waals surface area contributed by atoms with Crippen molar-refractivity contribution in [3.05, 3.63) is 29.8 Å². The van der Waals surface area contributed by atoms with Gasteiger partial charge in [-0.15, -0.1) is 0 Å². The number of hydrogen-bond acceptors (Lipinski definition) is 4. The molecule has 5 nitrogen and oxygen atoms in total. The van der Waals surface area contributed by atoms with Crippen LogP contribution in [0.1, 0.15) is 12.0 Å². The summed E-state index contributed by atoms with van der Waals surface area (Å²) >= 11 is 0. The molecule has 0 bridgehead atoms. The maximum Gasteiger partial charge on any atom is 0.248 e. The molecular weight excluding hydrogens is 242 g/mol. The van der Waals surface area contributed by atoms with Gasteiger partial charge in [-0.3, -0.25) is 14.5 Å². The van der Waals surface area contributed by atoms with Gasteiger partial charge in [0, 0.05) is 12.2 Å². The van der Waals surface area contributed by atoms with E-state index in [2.05, 4.69) is 0 Å². The van der Waals surface area contributed by atoms with E-state index < -0.39 is 0 Å². The Labute approximate surface area is 112 Å². The van der Waals surface area contributed by atoms with Crippen molar-refractivity contribution in [2.45, 2.75) is 13.3 Å². The molecule has 2 rings (SSSR count). The number of nitrogens with zero attached hydrogens (tertiary/aromatic N) is 3. The zero-order valence-electron chi connectivity index (χ0n) is 10.8. The summed E-state index contributed by atoms with van der Waals surface area (Å²) in [5.41, 5.74) is 2.00. The van der Waals surface area contributed by atoms with Crippen LogP contribution in [0.25, 0.3) is 0 Å². The summed E-state index contributed by atoms with van der Waals surface area (Å²) in [5, 5.41) is 8.52. The number of imide groups is 1. The Morgan fingerprint density at radius 1 is 1.16 bits per heavy atom. The number of amides is 2. The van der Waals surface area contributed by atoms with E-state index in [1.807, 2.05) is 37.3 Å². The highest BCUT2D eigenvalue weighted by Gasteiger charge is 2.30. The first-order chi connectivity index (χ1) is 9.11. The number of piperazine rings is 1. The van der Waals surface area contributed by atoms with Crippen molar-refractivity contribution in [1.82, 2.24) is 4.90 Å². The first-order valence-electron chi connectivity index (χ1n) is 6.13. The maximum atomic E-state index is 11.9. The van der Waals surface area contributed by atoms with Crippen LogP contribution in [0.4, 0.5) is 5.69 Å². The first-order valence-corrected chi connectivity index (χ1v) is 6.13. The van der Waals surface area contributed by atoms with Gasteiger partial charge in [-0.05, 0) is 19.1 Å². The van der Waals surface area contributed by atoms with Crippen molar-refractivity contribution in [1.29, 1.82) is 5.26 Å². The van der Waals surface area contributed by atoms with Crippen LogP contribution in [0.5, 0.6) is 0 Å². The maximum absolute atomic E-state index is 11.9. The topological polar surface area (TPSA) is 64.4 Å². The van der Waals surface area contributed by atoms with Crippen LogP contribution in [0, 0.1) is 18.3 Å². The molecule has 0 unspecified atom stereocenters. The fourth-order valence-electron chi connectivity index (χ4n) is 2.04. The Morgan fingerprint density at radius 2 is 1.74 bits per heavy atom. The van der Waals surface area contributed by atoms with Crippen molar-refractivity contribution >= 4 is 17.5 Å². The minimum Gasteiger partial charge on any atom is -0.353 e. The Balaban J connectivity index is 2.09. The molecule has 0 atom stereocenters. The Kier molecular flexibility index (Phi) is 3.81. The second-order valence-electron chi connectivity index (χ2n) is 4.54. The highest BCUT2D eigenvalue weighted by atomic mass is 16.2. The molecule has 0 aromatic heterocycles. The second-order valence-corrected chi connectivity index (χ2v) is 4.54. The van der Waals surface area contributed by atoms with E-state index in [9.17, 15) is 9.59 Å². The van der Waals surface area contributed by atoms with Gasteiger partial charge in [0.15, 0.2) is 0 Å². The molecule has 1 aromatic rings. The van der Waals surface area contributed by atoms with Crippen LogP contribution in [-0.2, 0) is 9.59 Å². The lowest BCUT2D eigenvalue weighted by Crippen LogP contribution is -2.54. The van der Waals surface area contributed by atoms with E-state index in [1.165, 1.54) is 4.90 Å². The number of nitriles is 1. The molecule has 1 aliphatic heterocycles. The third kappa shape index (κ3) is 2.91. The normalized spacial score (nSPS) is 15.6. The lowest BCUT2D eigenvalue weighted by molar-refractivity contribution is -0.145. The van der Waals surface area contributed by atoms with E-state index in [-0.39, 0.29) is 37.9 Å². The summed E-state index contributed by atoms with van der Waals surface area (Å²) in [6.07, 6.45) is 0.183. The quantitative estimate of drug-likeness (QED) is 0.760. The number of benzene rings is 1. The molecule has 1 aliphatic rings. The molecule has 1 saturated heterocycles. The second kappa shape index (κ2) is 5.53. The standard InChI is InChI=1S/C14H15N3O2/c1-11-3-5-12(6-4-11)16-9-13(18)17(8-2-7-15)14(19)10-16/h3-6H,2,8-10H2,1H3. The highest BCUT2D eigenvalue weighted by Crippen LogP contribution is 2.18. The number of anilines is 1. The third-order valence-electron chi connectivity index (χ3n) is 3.10. The van der Waals surface area contributed by atoms with Crippen LogP contribution in [-0.4, -0.2) is 36.3 Å². The van der Waals surface area contributed by atoms with Crippen molar-refractivity contribution in [2.24, 2.45) is 0 Å². The minimum absolute atomic E-state index is 0.181. The third-order valence-corrected chi connectivity index (χ3v) is 3.10. The summed E-state index contributed by atoms with van der Waals surface area (Å²) in [5.74, 6) is -0.487. The SMILES string of the molecule is Cc1ccc(N2CC(=O)N(CCC#N)C(=O)C2)cc1. The Hall–Kier alpha value is -2.35. The zero-order chi connectivity index (χ0) is 13.8. The Bertz CT molecular complexity index is 513. The molecule has 0 N–H and O–H groups in total. The summed E-state index contributed by atoms with van der Waals surface area (Å²) < 4.78 is 0. The molecule has 1 aromatic carbocycles. The number of hydrogen-bond donors (Lipinski definition) is 0. The first kappa shape index (κ1) is 13.1. The fourth-order valence-corrected chi connectivity index (χ4v) is 2.04. The smallest absolute Gasteiger partial charge is 0.248 e. The number of carbonyl (C=O) groups is 2. The van der Waals surface area contributed by atoms with Gasteiger partial charge in [-0.1, -0.05) is 17.7 Å². The van der Waals surface area contributed by atoms with Crippen LogP contribution in [0.3, 0.4) is 0 Å². The molecule has 0 aliphatic carbocycles. The van der Waals surface area contributed by atoms with E-state index in [4.69, 9.17) is 5.26 Å². The van der Waals surface area contributed by atoms with Crippen molar-refractivity contribution in [3.63, 3.8) is 0 Å². The molecule has 1 fully saturated rings. The largest absolute Gasteiger partial charge is 0.353 e. The van der Waals surface area contributed by atoms with Gasteiger partial charge in [0.25, 0.3) is 0 Å². The minimum atomic E-state index is -0.243. The van der Waals surface area contributed by atoms with Crippen molar-refractivity contribution in [3.8, 4) is 6.07 Å². The number of rotatable bonds is 3. The van der Waals surface area contributed by atoms with Gasteiger partial charge in [-0.25, -0.2) is 0 Å². The summed E-state index contributed by atoms with van der Waals surface area (Å²) in [6.45, 7) is 2.54. The molecule has 0 spiro atoms. The average Bonchev–Trinajstić information content (AvgIpc) is 2.38. The van der Waals surface area contributed by atoms with Crippen LogP contribution in [0.15, 0.2) is 24.3 Å². The van der Waals surface area contributed by atoms with Gasteiger partial charge < -0.3 is 4.90 Å². The lowest BCUT2D eigenvalue weighted by Gasteiger charge is -2.33. The number of carbonyl (C=O) groups excluding carboxylic acids is 2. The summed E-state index contributed by atoms with van der Waals surface area (Å²) in [6, 6.07) is 9.65. The van der Waals surface area contributed by atoms with Crippen LogP contribution < -0.4 is 4.90 Å². The van der Waals surface area contributed by atoms with Gasteiger partial charge in [-0.2, -0.15) is 5.26 Å². The molecule has 19 heavy (non-hydrogen) atoms. The van der Waals surface area contributed by atoms with E-state index in [0.29, 0.717) is 0 Å². The van der Waals surface area contributed by atoms with Gasteiger partial charge in [0.05, 0.1) is 25.6 Å². The fraction of sp³-hybridized carbons (Fsp3) is 0.357. The van der Waals surface area contributed by atoms with E-state index in [1.54, 1.807) is 4.90 Å². The molecule has 5 heteroatoms. The predicted octanol–water partition coefficient (Wildman–Crippen LogP) is 1.08. The molecule has 0 saturated carbocycles. The Morgan fingerprint density at radius 3 is 2.26 bits per heavy atom. The highest BCUT2D eigenvalue weighted by molar-refractivity contribution is 6.02. The predicted molar refractivity (Wildman–Crippen MR) is 70.3 cm³/mol. The van der Waals surface area contributed by atoms with E-state index in [0.717, 1.165) is 11.3 Å². The number of aryl methyl sites for hydroxylation is 1. The van der Waals surface area contributed by atoms with Crippen molar-refractivity contribution < 1.29 is 9.59 Å². The lowest BCUT2D eigenvalue weighted by atomic mass is 10.2. The van der Waals surface area contributed by atoms with Gasteiger partial charge >= 0.3 is 0 Å². The summed E-state index contributed by atoms with van der Waals surface area (Å²) in [4.78, 5) is 26.8. The molecule has 0 radical (unpaired) electrons. The summed E-state index contributed by atoms with van der Waals surface area (Å²) in [7, 11) is 0. The van der Waals surface area contributed by atoms with E-state index >= 15 is 0 Å². The van der Waals surface area contributed by atoms with Crippen molar-refractivity contribution in [2.75, 3.05) is 24.5 Å². The van der Waals surface area contributed by atoms with Gasteiger partial charge in [0.2, 0.25) is 11.8 Å². The van der Waals surface area contributed by atoms with Crippen LogP contribution >= 0.6 is 0 Å². The average molecular weight is 257 g/mol.